The van der Waals surface area contributed by atoms with Gasteiger partial charge in [-0.05, 0) is 31.5 Å². The molecule has 2 aromatic carbocycles. The Morgan fingerprint density at radius 1 is 1.08 bits per heavy atom. The summed E-state index contributed by atoms with van der Waals surface area (Å²) in [5.41, 5.74) is 2.26. The van der Waals surface area contributed by atoms with Crippen molar-refractivity contribution >= 4 is 17.9 Å². The van der Waals surface area contributed by atoms with Crippen LogP contribution >= 0.6 is 0 Å². The average Bonchev–Trinajstić information content (AvgIpc) is 2.91. The largest absolute Gasteiger partial charge is 0.405 e. The molecule has 24 heavy (non-hydrogen) atoms. The number of benzene rings is 2. The van der Waals surface area contributed by atoms with Crippen molar-refractivity contribution in [1.29, 1.82) is 0 Å². The summed E-state index contributed by atoms with van der Waals surface area (Å²) in [5.74, 6) is 0.0219. The van der Waals surface area contributed by atoms with Crippen LogP contribution < -0.4 is 0 Å². The van der Waals surface area contributed by atoms with Crippen LogP contribution in [0.2, 0.25) is 0 Å². The molecule has 0 saturated heterocycles. The molecule has 1 aliphatic rings. The predicted octanol–water partition coefficient (Wildman–Crippen LogP) is 4.41. The molecule has 0 aliphatic carbocycles. The molecule has 0 amide bonds. The zero-order valence-electron chi connectivity index (χ0n) is 14.2. The first kappa shape index (κ1) is 16.2. The third-order valence-electron chi connectivity index (χ3n) is 4.50. The van der Waals surface area contributed by atoms with Gasteiger partial charge in [-0.1, -0.05) is 67.1 Å². The predicted molar refractivity (Wildman–Crippen MR) is 96.9 cm³/mol. The Bertz CT molecular complexity index is 790. The van der Waals surface area contributed by atoms with Crippen molar-refractivity contribution in [2.45, 2.75) is 26.3 Å². The first-order valence-corrected chi connectivity index (χ1v) is 8.11. The van der Waals surface area contributed by atoms with E-state index in [0.29, 0.717) is 5.90 Å². The number of cyclic esters (lactones) is 1. The van der Waals surface area contributed by atoms with Crippen molar-refractivity contribution in [2.24, 2.45) is 10.9 Å². The van der Waals surface area contributed by atoms with Gasteiger partial charge in [-0.3, -0.25) is 0 Å². The molecule has 1 heterocycles. The summed E-state index contributed by atoms with van der Waals surface area (Å²) in [6, 6.07) is 17.8. The van der Waals surface area contributed by atoms with Gasteiger partial charge < -0.3 is 4.74 Å². The molecule has 0 radical (unpaired) electrons. The van der Waals surface area contributed by atoms with Crippen LogP contribution in [-0.2, 0) is 9.53 Å². The SMILES string of the molecule is Cc1ccc(/C=C/C(C)[C@@]2(C)N=C(c3ccccc3)OC2=O)cc1. The van der Waals surface area contributed by atoms with E-state index in [2.05, 4.69) is 36.2 Å². The zero-order valence-corrected chi connectivity index (χ0v) is 14.2. The number of aliphatic imine (C=N–C) groups is 1. The van der Waals surface area contributed by atoms with Crippen LogP contribution in [0.15, 0.2) is 65.7 Å². The maximum absolute atomic E-state index is 12.4. The average molecular weight is 319 g/mol. The second-order valence-corrected chi connectivity index (χ2v) is 6.38. The number of hydrogen-bond acceptors (Lipinski definition) is 3. The smallest absolute Gasteiger partial charge is 0.341 e. The number of esters is 1. The fraction of sp³-hybridized carbons (Fsp3) is 0.238. The maximum atomic E-state index is 12.4. The molecule has 0 bridgehead atoms. The van der Waals surface area contributed by atoms with Crippen LogP contribution in [0.1, 0.15) is 30.5 Å². The van der Waals surface area contributed by atoms with Gasteiger partial charge in [0.15, 0.2) is 5.54 Å². The summed E-state index contributed by atoms with van der Waals surface area (Å²) < 4.78 is 5.43. The maximum Gasteiger partial charge on any atom is 0.341 e. The summed E-state index contributed by atoms with van der Waals surface area (Å²) in [7, 11) is 0. The lowest BCUT2D eigenvalue weighted by Gasteiger charge is -2.21. The minimum Gasteiger partial charge on any atom is -0.405 e. The first-order valence-electron chi connectivity index (χ1n) is 8.11. The topological polar surface area (TPSA) is 38.7 Å². The van der Waals surface area contributed by atoms with Gasteiger partial charge in [-0.25, -0.2) is 9.79 Å². The molecule has 0 fully saturated rings. The zero-order chi connectivity index (χ0) is 17.2. The van der Waals surface area contributed by atoms with Crippen molar-refractivity contribution in [3.63, 3.8) is 0 Å². The van der Waals surface area contributed by atoms with Gasteiger partial charge in [0, 0.05) is 11.5 Å². The number of aryl methyl sites for hydroxylation is 1. The van der Waals surface area contributed by atoms with Crippen molar-refractivity contribution in [2.75, 3.05) is 0 Å². The molecule has 0 N–H and O–H groups in total. The van der Waals surface area contributed by atoms with Crippen LogP contribution in [0.4, 0.5) is 0 Å². The number of rotatable bonds is 4. The van der Waals surface area contributed by atoms with E-state index in [1.54, 1.807) is 0 Å². The minimum atomic E-state index is -0.896. The summed E-state index contributed by atoms with van der Waals surface area (Å²) in [4.78, 5) is 17.0. The van der Waals surface area contributed by atoms with Gasteiger partial charge in [0.1, 0.15) is 0 Å². The number of carbonyl (C=O) groups excluding carboxylic acids is 1. The van der Waals surface area contributed by atoms with Gasteiger partial charge in [-0.15, -0.1) is 0 Å². The van der Waals surface area contributed by atoms with Crippen LogP contribution in [0.25, 0.3) is 6.08 Å². The van der Waals surface area contributed by atoms with Crippen LogP contribution in [0.5, 0.6) is 0 Å². The summed E-state index contributed by atoms with van der Waals surface area (Å²) in [6.45, 7) is 5.88. The highest BCUT2D eigenvalue weighted by atomic mass is 16.6. The normalized spacial score (nSPS) is 21.6. The Morgan fingerprint density at radius 3 is 2.42 bits per heavy atom. The number of ether oxygens (including phenoxy) is 1. The van der Waals surface area contributed by atoms with Crippen LogP contribution in [0.3, 0.4) is 0 Å². The molecule has 2 atom stereocenters. The third-order valence-corrected chi connectivity index (χ3v) is 4.50. The third kappa shape index (κ3) is 3.16. The highest BCUT2D eigenvalue weighted by Gasteiger charge is 2.45. The number of nitrogens with zero attached hydrogens (tertiary/aromatic N) is 1. The van der Waals surface area contributed by atoms with Crippen molar-refractivity contribution in [3.8, 4) is 0 Å². The second-order valence-electron chi connectivity index (χ2n) is 6.38. The van der Waals surface area contributed by atoms with Crippen LogP contribution in [0, 0.1) is 12.8 Å². The van der Waals surface area contributed by atoms with E-state index in [1.807, 2.05) is 56.3 Å². The monoisotopic (exact) mass is 319 g/mol. The van der Waals surface area contributed by atoms with Crippen LogP contribution in [-0.4, -0.2) is 17.4 Å². The van der Waals surface area contributed by atoms with Crippen molar-refractivity contribution in [1.82, 2.24) is 0 Å². The van der Waals surface area contributed by atoms with E-state index in [1.165, 1.54) is 5.56 Å². The highest BCUT2D eigenvalue weighted by molar-refractivity contribution is 6.08. The molecule has 1 aliphatic heterocycles. The second kappa shape index (κ2) is 6.44. The summed E-state index contributed by atoms with van der Waals surface area (Å²) >= 11 is 0. The quantitative estimate of drug-likeness (QED) is 0.783. The lowest BCUT2D eigenvalue weighted by atomic mass is 9.87. The molecule has 0 spiro atoms. The van der Waals surface area contributed by atoms with E-state index >= 15 is 0 Å². The van der Waals surface area contributed by atoms with Gasteiger partial charge >= 0.3 is 5.97 Å². The van der Waals surface area contributed by atoms with E-state index in [-0.39, 0.29) is 11.9 Å². The van der Waals surface area contributed by atoms with Gasteiger partial charge in [0.2, 0.25) is 5.90 Å². The summed E-state index contributed by atoms with van der Waals surface area (Å²) in [5, 5.41) is 0. The fourth-order valence-electron chi connectivity index (χ4n) is 2.58. The molecule has 0 saturated carbocycles. The molecule has 3 heteroatoms. The molecular weight excluding hydrogens is 298 g/mol. The Morgan fingerprint density at radius 2 is 1.75 bits per heavy atom. The first-order chi connectivity index (χ1) is 11.5. The molecular formula is C21H21NO2. The standard InChI is InChI=1S/C21H21NO2/c1-15-9-12-17(13-10-15)14-11-16(2)21(3)20(23)24-19(22-21)18-7-5-4-6-8-18/h4-14,16H,1-3H3/b14-11+/t16?,21-/m1/s1. The molecule has 3 nitrogen and oxygen atoms in total. The van der Waals surface area contributed by atoms with E-state index in [9.17, 15) is 4.79 Å². The molecule has 2 aromatic rings. The van der Waals surface area contributed by atoms with Gasteiger partial charge in [0.05, 0.1) is 0 Å². The lowest BCUT2D eigenvalue weighted by Crippen LogP contribution is -2.36. The number of carbonyl (C=O) groups is 1. The molecule has 122 valence electrons. The fourth-order valence-corrected chi connectivity index (χ4v) is 2.58. The Labute approximate surface area is 142 Å². The molecule has 3 rings (SSSR count). The highest BCUT2D eigenvalue weighted by Crippen LogP contribution is 2.31. The van der Waals surface area contributed by atoms with E-state index in [0.717, 1.165) is 11.1 Å². The van der Waals surface area contributed by atoms with Gasteiger partial charge in [0.25, 0.3) is 0 Å². The molecule has 1 unspecified atom stereocenters. The Kier molecular flexibility index (Phi) is 4.34. The number of hydrogen-bond donors (Lipinski definition) is 0. The Hall–Kier alpha value is -2.68. The summed E-state index contributed by atoms with van der Waals surface area (Å²) in [6.07, 6.45) is 4.04. The van der Waals surface area contributed by atoms with E-state index < -0.39 is 5.54 Å². The lowest BCUT2D eigenvalue weighted by molar-refractivity contribution is -0.139. The van der Waals surface area contributed by atoms with Crippen molar-refractivity contribution < 1.29 is 9.53 Å². The minimum absolute atomic E-state index is 0.0764. The van der Waals surface area contributed by atoms with E-state index in [4.69, 9.17) is 4.74 Å². The van der Waals surface area contributed by atoms with Gasteiger partial charge in [-0.2, -0.15) is 0 Å². The molecule has 0 aromatic heterocycles. The van der Waals surface area contributed by atoms with Crippen molar-refractivity contribution in [3.05, 3.63) is 77.4 Å². The Balaban J connectivity index is 1.82.